The minimum Gasteiger partial charge on any atom is -0.469 e. The number of fused-ring (bicyclic) bond motifs is 1. The van der Waals surface area contributed by atoms with Crippen LogP contribution in [0, 0.1) is 6.92 Å². The molecule has 0 saturated carbocycles. The Kier molecular flexibility index (Phi) is 2.72. The molecule has 0 atom stereocenters. The Hall–Kier alpha value is -2.30. The number of aryl methyl sites for hydroxylation is 1. The molecule has 0 spiro atoms. The molecular formula is C13H14N4O. The normalized spacial score (nSPS) is 10.9. The molecule has 0 fully saturated rings. The summed E-state index contributed by atoms with van der Waals surface area (Å²) in [6.07, 6.45) is 4.46. The van der Waals surface area contributed by atoms with E-state index in [0.29, 0.717) is 5.95 Å². The van der Waals surface area contributed by atoms with Crippen LogP contribution in [0.4, 0.5) is 5.95 Å². The highest BCUT2D eigenvalue weighted by Gasteiger charge is 2.03. The largest absolute Gasteiger partial charge is 0.469 e. The van der Waals surface area contributed by atoms with Crippen molar-refractivity contribution in [1.29, 1.82) is 0 Å². The second-order valence-corrected chi connectivity index (χ2v) is 4.20. The van der Waals surface area contributed by atoms with Gasteiger partial charge < -0.3 is 9.73 Å². The standard InChI is InChI=1S/C13H14N4O/c1-10-4-5-12-15-13(16-17(12)9-10)14-7-6-11-3-2-8-18-11/h2-5,8-9H,6-7H2,1H3,(H,14,16). The van der Waals surface area contributed by atoms with Gasteiger partial charge in [-0.1, -0.05) is 6.07 Å². The van der Waals surface area contributed by atoms with E-state index in [-0.39, 0.29) is 0 Å². The van der Waals surface area contributed by atoms with Crippen LogP contribution < -0.4 is 5.32 Å². The third-order valence-electron chi connectivity index (χ3n) is 2.71. The van der Waals surface area contributed by atoms with Gasteiger partial charge in [-0.2, -0.15) is 4.98 Å². The zero-order valence-electron chi connectivity index (χ0n) is 10.1. The van der Waals surface area contributed by atoms with Gasteiger partial charge in [-0.25, -0.2) is 4.52 Å². The molecule has 0 saturated heterocycles. The van der Waals surface area contributed by atoms with Crippen molar-refractivity contribution in [2.75, 3.05) is 11.9 Å². The molecule has 0 aromatic carbocycles. The molecule has 3 rings (SSSR count). The topological polar surface area (TPSA) is 55.4 Å². The first-order chi connectivity index (χ1) is 8.81. The number of anilines is 1. The fourth-order valence-electron chi connectivity index (χ4n) is 1.81. The number of furan rings is 1. The second-order valence-electron chi connectivity index (χ2n) is 4.20. The summed E-state index contributed by atoms with van der Waals surface area (Å²) in [6, 6.07) is 7.83. The van der Waals surface area contributed by atoms with Gasteiger partial charge in [-0.3, -0.25) is 0 Å². The highest BCUT2D eigenvalue weighted by Crippen LogP contribution is 2.07. The Labute approximate surface area is 104 Å². The van der Waals surface area contributed by atoms with Crippen LogP contribution in [-0.2, 0) is 6.42 Å². The molecule has 0 radical (unpaired) electrons. The van der Waals surface area contributed by atoms with Crippen LogP contribution in [0.2, 0.25) is 0 Å². The maximum atomic E-state index is 5.26. The minimum absolute atomic E-state index is 0.646. The lowest BCUT2D eigenvalue weighted by Crippen LogP contribution is -2.05. The molecule has 18 heavy (non-hydrogen) atoms. The number of nitrogens with zero attached hydrogens (tertiary/aromatic N) is 3. The summed E-state index contributed by atoms with van der Waals surface area (Å²) < 4.78 is 7.04. The number of aromatic nitrogens is 3. The Morgan fingerprint density at radius 2 is 2.28 bits per heavy atom. The average molecular weight is 242 g/mol. The minimum atomic E-state index is 0.646. The van der Waals surface area contributed by atoms with Crippen molar-refractivity contribution in [2.45, 2.75) is 13.3 Å². The van der Waals surface area contributed by atoms with Gasteiger partial charge in [0.05, 0.1) is 6.26 Å². The van der Waals surface area contributed by atoms with E-state index in [1.54, 1.807) is 10.8 Å². The highest BCUT2D eigenvalue weighted by atomic mass is 16.3. The molecule has 0 aliphatic carbocycles. The molecule has 0 bridgehead atoms. The monoisotopic (exact) mass is 242 g/mol. The Morgan fingerprint density at radius 3 is 3.11 bits per heavy atom. The first-order valence-electron chi connectivity index (χ1n) is 5.90. The average Bonchev–Trinajstić information content (AvgIpc) is 2.97. The summed E-state index contributed by atoms with van der Waals surface area (Å²) in [5.41, 5.74) is 2.01. The molecule has 3 aromatic heterocycles. The zero-order valence-corrected chi connectivity index (χ0v) is 10.1. The van der Waals surface area contributed by atoms with Crippen molar-refractivity contribution >= 4 is 11.6 Å². The first kappa shape index (κ1) is 10.8. The van der Waals surface area contributed by atoms with Crippen LogP contribution in [0.3, 0.4) is 0 Å². The second kappa shape index (κ2) is 4.52. The highest BCUT2D eigenvalue weighted by molar-refractivity contribution is 5.44. The number of pyridine rings is 1. The molecule has 5 nitrogen and oxygen atoms in total. The van der Waals surface area contributed by atoms with Crippen LogP contribution in [0.25, 0.3) is 5.65 Å². The lowest BCUT2D eigenvalue weighted by Gasteiger charge is -1.98. The fraction of sp³-hybridized carbons (Fsp3) is 0.231. The van der Waals surface area contributed by atoms with Crippen LogP contribution in [0.15, 0.2) is 41.1 Å². The van der Waals surface area contributed by atoms with E-state index in [2.05, 4.69) is 15.4 Å². The third-order valence-corrected chi connectivity index (χ3v) is 2.71. The van der Waals surface area contributed by atoms with E-state index in [1.165, 1.54) is 0 Å². The number of rotatable bonds is 4. The molecule has 0 unspecified atom stereocenters. The molecule has 5 heteroatoms. The number of nitrogens with one attached hydrogen (secondary N) is 1. The third kappa shape index (κ3) is 2.20. The van der Waals surface area contributed by atoms with Gasteiger partial charge in [0.1, 0.15) is 5.76 Å². The van der Waals surface area contributed by atoms with Gasteiger partial charge in [0.2, 0.25) is 5.95 Å². The van der Waals surface area contributed by atoms with Crippen LogP contribution in [-0.4, -0.2) is 21.1 Å². The molecule has 92 valence electrons. The van der Waals surface area contributed by atoms with E-state index in [1.807, 2.05) is 37.4 Å². The maximum absolute atomic E-state index is 5.26. The van der Waals surface area contributed by atoms with Crippen molar-refractivity contribution in [3.8, 4) is 0 Å². The van der Waals surface area contributed by atoms with Gasteiger partial charge >= 0.3 is 0 Å². The summed E-state index contributed by atoms with van der Waals surface area (Å²) >= 11 is 0. The zero-order chi connectivity index (χ0) is 12.4. The lowest BCUT2D eigenvalue weighted by molar-refractivity contribution is 0.512. The van der Waals surface area contributed by atoms with E-state index in [0.717, 1.165) is 29.9 Å². The number of hydrogen-bond acceptors (Lipinski definition) is 4. The predicted octanol–water partition coefficient (Wildman–Crippen LogP) is 2.29. The van der Waals surface area contributed by atoms with E-state index in [4.69, 9.17) is 4.42 Å². The van der Waals surface area contributed by atoms with E-state index < -0.39 is 0 Å². The quantitative estimate of drug-likeness (QED) is 0.762. The Balaban J connectivity index is 1.67. The van der Waals surface area contributed by atoms with Crippen molar-refractivity contribution in [3.63, 3.8) is 0 Å². The molecule has 3 heterocycles. The van der Waals surface area contributed by atoms with Crippen LogP contribution in [0.1, 0.15) is 11.3 Å². The van der Waals surface area contributed by atoms with Gasteiger partial charge in [0.25, 0.3) is 0 Å². The Bertz CT molecular complexity index is 642. The van der Waals surface area contributed by atoms with Crippen molar-refractivity contribution < 1.29 is 4.42 Å². The van der Waals surface area contributed by atoms with Crippen molar-refractivity contribution in [2.24, 2.45) is 0 Å². The molecule has 3 aromatic rings. The molecule has 0 amide bonds. The fourth-order valence-corrected chi connectivity index (χ4v) is 1.81. The van der Waals surface area contributed by atoms with Crippen LogP contribution >= 0.6 is 0 Å². The van der Waals surface area contributed by atoms with Gasteiger partial charge in [0, 0.05) is 19.2 Å². The van der Waals surface area contributed by atoms with Crippen molar-refractivity contribution in [1.82, 2.24) is 14.6 Å². The molecule has 0 aliphatic heterocycles. The predicted molar refractivity (Wildman–Crippen MR) is 68.6 cm³/mol. The van der Waals surface area contributed by atoms with Gasteiger partial charge in [0.15, 0.2) is 5.65 Å². The molecule has 1 N–H and O–H groups in total. The summed E-state index contributed by atoms with van der Waals surface area (Å²) in [7, 11) is 0. The van der Waals surface area contributed by atoms with E-state index in [9.17, 15) is 0 Å². The Morgan fingerprint density at radius 1 is 1.33 bits per heavy atom. The van der Waals surface area contributed by atoms with Gasteiger partial charge in [-0.05, 0) is 30.7 Å². The van der Waals surface area contributed by atoms with Crippen LogP contribution in [0.5, 0.6) is 0 Å². The summed E-state index contributed by atoms with van der Waals surface area (Å²) in [5.74, 6) is 1.61. The van der Waals surface area contributed by atoms with Gasteiger partial charge in [-0.15, -0.1) is 5.10 Å². The summed E-state index contributed by atoms with van der Waals surface area (Å²) in [6.45, 7) is 2.79. The number of hydrogen-bond donors (Lipinski definition) is 1. The first-order valence-corrected chi connectivity index (χ1v) is 5.90. The summed E-state index contributed by atoms with van der Waals surface area (Å²) in [5, 5.41) is 7.54. The SMILES string of the molecule is Cc1ccc2nc(NCCc3ccco3)nn2c1. The van der Waals surface area contributed by atoms with E-state index >= 15 is 0 Å². The molecule has 0 aliphatic rings. The lowest BCUT2D eigenvalue weighted by atomic mass is 10.3. The van der Waals surface area contributed by atoms with Crippen molar-refractivity contribution in [3.05, 3.63) is 48.0 Å². The molecular weight excluding hydrogens is 228 g/mol. The maximum Gasteiger partial charge on any atom is 0.243 e. The smallest absolute Gasteiger partial charge is 0.243 e. The summed E-state index contributed by atoms with van der Waals surface area (Å²) in [4.78, 5) is 4.38.